The van der Waals surface area contributed by atoms with Gasteiger partial charge in [-0.25, -0.2) is 0 Å². The molecule has 0 aliphatic rings. The van der Waals surface area contributed by atoms with Crippen molar-refractivity contribution in [3.63, 3.8) is 0 Å². The third-order valence-electron chi connectivity index (χ3n) is 4.14. The molecule has 5 heteroatoms. The summed E-state index contributed by atoms with van der Waals surface area (Å²) in [4.78, 5) is 26.2. The van der Waals surface area contributed by atoms with Crippen LogP contribution in [-0.4, -0.2) is 25.0 Å². The van der Waals surface area contributed by atoms with Crippen LogP contribution >= 0.6 is 0 Å². The highest BCUT2D eigenvalue weighted by Crippen LogP contribution is 2.28. The Kier molecular flexibility index (Phi) is 6.78. The topological polar surface area (TPSA) is 58.6 Å². The lowest BCUT2D eigenvalue weighted by Crippen LogP contribution is -2.37. The first kappa shape index (κ1) is 19.5. The number of hydrogen-bond acceptors (Lipinski definition) is 3. The van der Waals surface area contributed by atoms with E-state index in [1.165, 1.54) is 11.8 Å². The lowest BCUT2D eigenvalue weighted by Gasteiger charge is -2.23. The fourth-order valence-corrected chi connectivity index (χ4v) is 2.85. The molecule has 0 aliphatic carbocycles. The fraction of sp³-hybridized carbons (Fsp3) is 0.333. The molecule has 0 fully saturated rings. The van der Waals surface area contributed by atoms with Gasteiger partial charge in [0, 0.05) is 12.6 Å². The molecule has 0 bridgehead atoms. The number of benzene rings is 2. The summed E-state index contributed by atoms with van der Waals surface area (Å²) in [5, 5.41) is 2.96. The molecule has 2 amide bonds. The van der Waals surface area contributed by atoms with Gasteiger partial charge >= 0.3 is 0 Å². The molecule has 0 atom stereocenters. The number of hydrogen-bond donors (Lipinski definition) is 1. The molecular formula is C21H26N2O3. The Balaban J connectivity index is 2.24. The number of nitrogens with one attached hydrogen (secondary N) is 1. The molecule has 0 radical (unpaired) electrons. The Bertz CT molecular complexity index is 787. The van der Waals surface area contributed by atoms with E-state index in [-0.39, 0.29) is 18.4 Å². The van der Waals surface area contributed by atoms with Gasteiger partial charge in [0.15, 0.2) is 0 Å². The Labute approximate surface area is 155 Å². The summed E-state index contributed by atoms with van der Waals surface area (Å²) in [5.74, 6) is 0.131. The van der Waals surface area contributed by atoms with Crippen molar-refractivity contribution in [1.82, 2.24) is 0 Å². The summed E-state index contributed by atoms with van der Waals surface area (Å²) in [6, 6.07) is 13.2. The molecule has 2 aromatic rings. The molecule has 0 saturated heterocycles. The van der Waals surface area contributed by atoms with Gasteiger partial charge in [0.05, 0.1) is 12.3 Å². The lowest BCUT2D eigenvalue weighted by molar-refractivity contribution is -0.120. The standard InChI is InChI=1S/C21H26N2O3/c1-5-17-11-9-10-15(3)21(17)22-20(25)14-23(16(4)24)18-12-7-8-13-19(18)26-6-2/h7-13H,5-6,14H2,1-4H3,(H,22,25). The molecule has 1 N–H and O–H groups in total. The van der Waals surface area contributed by atoms with E-state index in [0.29, 0.717) is 18.0 Å². The highest BCUT2D eigenvalue weighted by Gasteiger charge is 2.20. The number of ether oxygens (including phenoxy) is 1. The Morgan fingerprint density at radius 3 is 2.46 bits per heavy atom. The summed E-state index contributed by atoms with van der Waals surface area (Å²) in [7, 11) is 0. The van der Waals surface area contributed by atoms with Crippen molar-refractivity contribution in [2.45, 2.75) is 34.1 Å². The van der Waals surface area contributed by atoms with Crippen LogP contribution < -0.4 is 15.0 Å². The molecule has 0 heterocycles. The molecule has 0 saturated carbocycles. The minimum atomic E-state index is -0.240. The lowest BCUT2D eigenvalue weighted by atomic mass is 10.1. The van der Waals surface area contributed by atoms with Crippen molar-refractivity contribution in [3.05, 3.63) is 53.6 Å². The number of amides is 2. The van der Waals surface area contributed by atoms with E-state index in [4.69, 9.17) is 4.74 Å². The van der Waals surface area contributed by atoms with Crippen LogP contribution in [0.4, 0.5) is 11.4 Å². The molecule has 0 aliphatic heterocycles. The predicted octanol–water partition coefficient (Wildman–Crippen LogP) is 3.95. The average molecular weight is 354 g/mol. The van der Waals surface area contributed by atoms with Gasteiger partial charge in [-0.15, -0.1) is 0 Å². The van der Waals surface area contributed by atoms with E-state index in [0.717, 1.165) is 23.2 Å². The van der Waals surface area contributed by atoms with Gasteiger partial charge in [-0.2, -0.15) is 0 Å². The molecule has 0 spiro atoms. The van der Waals surface area contributed by atoms with Gasteiger partial charge in [0.25, 0.3) is 0 Å². The Morgan fingerprint density at radius 2 is 1.81 bits per heavy atom. The van der Waals surface area contributed by atoms with Gasteiger partial charge in [0.2, 0.25) is 11.8 Å². The van der Waals surface area contributed by atoms with Gasteiger partial charge in [-0.3, -0.25) is 14.5 Å². The summed E-state index contributed by atoms with van der Waals surface area (Å²) < 4.78 is 5.60. The van der Waals surface area contributed by atoms with Gasteiger partial charge in [0.1, 0.15) is 12.3 Å². The maximum Gasteiger partial charge on any atom is 0.244 e. The molecular weight excluding hydrogens is 328 g/mol. The number of carbonyl (C=O) groups excluding carboxylic acids is 2. The molecule has 5 nitrogen and oxygen atoms in total. The van der Waals surface area contributed by atoms with Crippen LogP contribution in [0.3, 0.4) is 0 Å². The van der Waals surface area contributed by atoms with Crippen LogP contribution in [0.5, 0.6) is 5.75 Å². The largest absolute Gasteiger partial charge is 0.492 e. The Morgan fingerprint density at radius 1 is 1.08 bits per heavy atom. The highest BCUT2D eigenvalue weighted by atomic mass is 16.5. The maximum absolute atomic E-state index is 12.6. The number of carbonyl (C=O) groups is 2. The summed E-state index contributed by atoms with van der Waals surface area (Å²) >= 11 is 0. The van der Waals surface area contributed by atoms with Gasteiger partial charge in [-0.1, -0.05) is 37.3 Å². The zero-order valence-electron chi connectivity index (χ0n) is 15.8. The zero-order chi connectivity index (χ0) is 19.1. The first-order valence-electron chi connectivity index (χ1n) is 8.86. The fourth-order valence-electron chi connectivity index (χ4n) is 2.85. The second kappa shape index (κ2) is 9.04. The van der Waals surface area contributed by atoms with Crippen molar-refractivity contribution >= 4 is 23.2 Å². The number of rotatable bonds is 7. The monoisotopic (exact) mass is 354 g/mol. The minimum absolute atomic E-state index is 0.0725. The minimum Gasteiger partial charge on any atom is -0.492 e. The second-order valence-electron chi connectivity index (χ2n) is 6.02. The summed E-state index contributed by atoms with van der Waals surface area (Å²) in [6.45, 7) is 7.74. The SMILES string of the molecule is CCOc1ccccc1N(CC(=O)Nc1c(C)cccc1CC)C(C)=O. The van der Waals surface area contributed by atoms with Gasteiger partial charge in [-0.05, 0) is 43.5 Å². The van der Waals surface area contributed by atoms with Crippen molar-refractivity contribution in [2.75, 3.05) is 23.4 Å². The van der Waals surface area contributed by atoms with E-state index in [9.17, 15) is 9.59 Å². The van der Waals surface area contributed by atoms with E-state index in [1.54, 1.807) is 12.1 Å². The summed E-state index contributed by atoms with van der Waals surface area (Å²) in [6.07, 6.45) is 0.820. The zero-order valence-corrected chi connectivity index (χ0v) is 15.8. The number of nitrogens with zero attached hydrogens (tertiary/aromatic N) is 1. The Hall–Kier alpha value is -2.82. The van der Waals surface area contributed by atoms with Crippen molar-refractivity contribution in [3.8, 4) is 5.75 Å². The third-order valence-corrected chi connectivity index (χ3v) is 4.14. The first-order chi connectivity index (χ1) is 12.5. The van der Waals surface area contributed by atoms with Gasteiger partial charge < -0.3 is 10.1 Å². The first-order valence-corrected chi connectivity index (χ1v) is 8.86. The highest BCUT2D eigenvalue weighted by molar-refractivity contribution is 6.03. The average Bonchev–Trinajstić information content (AvgIpc) is 2.62. The summed E-state index contributed by atoms with van der Waals surface area (Å²) in [5.41, 5.74) is 3.49. The van der Waals surface area contributed by atoms with Crippen LogP contribution in [0.1, 0.15) is 31.9 Å². The smallest absolute Gasteiger partial charge is 0.244 e. The van der Waals surface area contributed by atoms with Crippen molar-refractivity contribution in [2.24, 2.45) is 0 Å². The van der Waals surface area contributed by atoms with Crippen molar-refractivity contribution < 1.29 is 14.3 Å². The molecule has 0 aromatic heterocycles. The van der Waals surface area contributed by atoms with Crippen molar-refractivity contribution in [1.29, 1.82) is 0 Å². The van der Waals surface area contributed by atoms with E-state index < -0.39 is 0 Å². The van der Waals surface area contributed by atoms with Crippen LogP contribution in [0.15, 0.2) is 42.5 Å². The maximum atomic E-state index is 12.6. The predicted molar refractivity (Wildman–Crippen MR) is 105 cm³/mol. The molecule has 2 rings (SSSR count). The molecule has 2 aromatic carbocycles. The van der Waals surface area contributed by atoms with E-state index in [1.807, 2.05) is 51.1 Å². The van der Waals surface area contributed by atoms with E-state index >= 15 is 0 Å². The van der Waals surface area contributed by atoms with Crippen LogP contribution in [-0.2, 0) is 16.0 Å². The van der Waals surface area contributed by atoms with Crippen LogP contribution in [0.25, 0.3) is 0 Å². The second-order valence-corrected chi connectivity index (χ2v) is 6.02. The third kappa shape index (κ3) is 4.63. The number of aryl methyl sites for hydroxylation is 2. The molecule has 26 heavy (non-hydrogen) atoms. The van der Waals surface area contributed by atoms with E-state index in [2.05, 4.69) is 5.32 Å². The van der Waals surface area contributed by atoms with Crippen LogP contribution in [0.2, 0.25) is 0 Å². The van der Waals surface area contributed by atoms with Crippen LogP contribution in [0, 0.1) is 6.92 Å². The molecule has 138 valence electrons. The molecule has 0 unspecified atom stereocenters. The normalized spacial score (nSPS) is 10.3. The number of para-hydroxylation sites is 3. The number of anilines is 2. The quantitative estimate of drug-likeness (QED) is 0.819.